The number of carbonyl (C=O) groups excluding carboxylic acids is 1. The standard InChI is InChI=1S/C15H18Cl2N2O2/c16-12-2-1-3-13(14(12)17)18-15(20)19(11-4-5-11)8-10-6-7-21-9-10/h1-3,10-11H,4-9H2,(H,18,20)/t10-/m0/s1. The third-order valence-electron chi connectivity index (χ3n) is 3.92. The van der Waals surface area contributed by atoms with Crippen LogP contribution in [0.1, 0.15) is 19.3 Å². The maximum Gasteiger partial charge on any atom is 0.322 e. The monoisotopic (exact) mass is 328 g/mol. The fourth-order valence-corrected chi connectivity index (χ4v) is 2.92. The van der Waals surface area contributed by atoms with Gasteiger partial charge in [-0.1, -0.05) is 29.3 Å². The van der Waals surface area contributed by atoms with Gasteiger partial charge in [-0.3, -0.25) is 0 Å². The molecule has 1 atom stereocenters. The maximum atomic E-state index is 12.5. The molecular formula is C15H18Cl2N2O2. The first kappa shape index (κ1) is 14.9. The molecular weight excluding hydrogens is 311 g/mol. The van der Waals surface area contributed by atoms with E-state index in [4.69, 9.17) is 27.9 Å². The Hall–Kier alpha value is -0.970. The van der Waals surface area contributed by atoms with Crippen LogP contribution in [-0.2, 0) is 4.74 Å². The highest BCUT2D eigenvalue weighted by molar-refractivity contribution is 6.43. The number of anilines is 1. The summed E-state index contributed by atoms with van der Waals surface area (Å²) in [6.45, 7) is 2.29. The summed E-state index contributed by atoms with van der Waals surface area (Å²) in [6.07, 6.45) is 3.17. The molecule has 2 aliphatic rings. The van der Waals surface area contributed by atoms with Crippen LogP contribution in [0.25, 0.3) is 0 Å². The molecule has 21 heavy (non-hydrogen) atoms. The first-order valence-corrected chi connectivity index (χ1v) is 8.00. The van der Waals surface area contributed by atoms with Gasteiger partial charge in [0.05, 0.1) is 22.3 Å². The molecule has 4 nitrogen and oxygen atoms in total. The summed E-state index contributed by atoms with van der Waals surface area (Å²) in [7, 11) is 0. The molecule has 1 saturated carbocycles. The zero-order valence-electron chi connectivity index (χ0n) is 11.6. The second-order valence-electron chi connectivity index (χ2n) is 5.64. The van der Waals surface area contributed by atoms with E-state index in [2.05, 4.69) is 5.32 Å². The molecule has 114 valence electrons. The van der Waals surface area contributed by atoms with E-state index in [1.807, 2.05) is 4.90 Å². The Labute approximate surface area is 134 Å². The maximum absolute atomic E-state index is 12.5. The lowest BCUT2D eigenvalue weighted by atomic mass is 10.1. The van der Waals surface area contributed by atoms with Gasteiger partial charge in [0, 0.05) is 25.1 Å². The van der Waals surface area contributed by atoms with Crippen LogP contribution in [-0.4, -0.2) is 36.7 Å². The van der Waals surface area contributed by atoms with Crippen LogP contribution < -0.4 is 5.32 Å². The Morgan fingerprint density at radius 1 is 1.33 bits per heavy atom. The third-order valence-corrected chi connectivity index (χ3v) is 4.74. The lowest BCUT2D eigenvalue weighted by Gasteiger charge is -2.25. The summed E-state index contributed by atoms with van der Waals surface area (Å²) in [4.78, 5) is 14.4. The third kappa shape index (κ3) is 3.62. The van der Waals surface area contributed by atoms with Gasteiger partial charge in [-0.2, -0.15) is 0 Å². The Morgan fingerprint density at radius 3 is 2.81 bits per heavy atom. The largest absolute Gasteiger partial charge is 0.381 e. The van der Waals surface area contributed by atoms with Gasteiger partial charge in [-0.15, -0.1) is 0 Å². The minimum Gasteiger partial charge on any atom is -0.381 e. The average molecular weight is 329 g/mol. The van der Waals surface area contributed by atoms with Crippen LogP contribution in [0, 0.1) is 5.92 Å². The van der Waals surface area contributed by atoms with E-state index in [9.17, 15) is 4.79 Å². The molecule has 2 amide bonds. The number of nitrogens with one attached hydrogen (secondary N) is 1. The number of ether oxygens (including phenoxy) is 1. The van der Waals surface area contributed by atoms with E-state index in [0.29, 0.717) is 27.7 Å². The van der Waals surface area contributed by atoms with Crippen molar-refractivity contribution in [3.8, 4) is 0 Å². The van der Waals surface area contributed by atoms with E-state index in [-0.39, 0.29) is 6.03 Å². The highest BCUT2D eigenvalue weighted by Crippen LogP contribution is 2.32. The summed E-state index contributed by atoms with van der Waals surface area (Å²) in [6, 6.07) is 5.48. The van der Waals surface area contributed by atoms with Gasteiger partial charge in [-0.05, 0) is 31.4 Å². The molecule has 1 aliphatic carbocycles. The quantitative estimate of drug-likeness (QED) is 0.906. The number of benzene rings is 1. The number of halogens is 2. The number of nitrogens with zero attached hydrogens (tertiary/aromatic N) is 1. The van der Waals surface area contributed by atoms with E-state index in [1.165, 1.54) is 0 Å². The fourth-order valence-electron chi connectivity index (χ4n) is 2.58. The predicted octanol–water partition coefficient (Wildman–Crippen LogP) is 4.03. The van der Waals surface area contributed by atoms with Crippen LogP contribution in [0.15, 0.2) is 18.2 Å². The topological polar surface area (TPSA) is 41.6 Å². The average Bonchev–Trinajstić information content (AvgIpc) is 3.17. The van der Waals surface area contributed by atoms with Crippen molar-refractivity contribution in [2.24, 2.45) is 5.92 Å². The SMILES string of the molecule is O=C(Nc1cccc(Cl)c1Cl)N(C[C@@H]1CCOC1)C1CC1. The number of hydrogen-bond donors (Lipinski definition) is 1. The molecule has 3 rings (SSSR count). The summed E-state index contributed by atoms with van der Waals surface area (Å²) in [5, 5.41) is 3.70. The van der Waals surface area contributed by atoms with Crippen molar-refractivity contribution in [1.82, 2.24) is 4.90 Å². The zero-order chi connectivity index (χ0) is 14.8. The second kappa shape index (κ2) is 6.42. The molecule has 0 bridgehead atoms. The predicted molar refractivity (Wildman–Crippen MR) is 84.1 cm³/mol. The Bertz CT molecular complexity index is 528. The lowest BCUT2D eigenvalue weighted by molar-refractivity contribution is 0.167. The molecule has 1 aliphatic heterocycles. The van der Waals surface area contributed by atoms with Crippen LogP contribution in [0.5, 0.6) is 0 Å². The fraction of sp³-hybridized carbons (Fsp3) is 0.533. The zero-order valence-corrected chi connectivity index (χ0v) is 13.2. The Balaban J connectivity index is 1.67. The van der Waals surface area contributed by atoms with Gasteiger partial charge in [0.15, 0.2) is 0 Å². The molecule has 1 aromatic carbocycles. The molecule has 0 radical (unpaired) electrons. The van der Waals surface area contributed by atoms with E-state index < -0.39 is 0 Å². The number of amides is 2. The van der Waals surface area contributed by atoms with Crippen molar-refractivity contribution in [2.75, 3.05) is 25.1 Å². The van der Waals surface area contributed by atoms with Crippen LogP contribution in [0.4, 0.5) is 10.5 Å². The van der Waals surface area contributed by atoms with Gasteiger partial charge in [-0.25, -0.2) is 4.79 Å². The molecule has 0 aromatic heterocycles. The second-order valence-corrected chi connectivity index (χ2v) is 6.43. The summed E-state index contributed by atoms with van der Waals surface area (Å²) >= 11 is 12.1. The van der Waals surface area contributed by atoms with Crippen molar-refractivity contribution in [2.45, 2.75) is 25.3 Å². The van der Waals surface area contributed by atoms with Crippen molar-refractivity contribution >= 4 is 34.9 Å². The van der Waals surface area contributed by atoms with Gasteiger partial charge in [0.1, 0.15) is 0 Å². The molecule has 6 heteroatoms. The number of rotatable bonds is 4. The van der Waals surface area contributed by atoms with Crippen LogP contribution in [0.3, 0.4) is 0 Å². The first-order valence-electron chi connectivity index (χ1n) is 7.24. The summed E-state index contributed by atoms with van der Waals surface area (Å²) in [5.74, 6) is 0.436. The van der Waals surface area contributed by atoms with Crippen LogP contribution >= 0.6 is 23.2 Å². The van der Waals surface area contributed by atoms with E-state index >= 15 is 0 Å². The highest BCUT2D eigenvalue weighted by atomic mass is 35.5. The molecule has 1 saturated heterocycles. The molecule has 1 aromatic rings. The smallest absolute Gasteiger partial charge is 0.322 e. The minimum atomic E-state index is -0.103. The molecule has 0 spiro atoms. The van der Waals surface area contributed by atoms with Crippen molar-refractivity contribution in [3.05, 3.63) is 28.2 Å². The molecule has 1 heterocycles. The summed E-state index contributed by atoms with van der Waals surface area (Å²) < 4.78 is 5.39. The number of carbonyl (C=O) groups is 1. The van der Waals surface area contributed by atoms with Crippen LogP contribution in [0.2, 0.25) is 10.0 Å². The first-order chi connectivity index (χ1) is 10.1. The summed E-state index contributed by atoms with van der Waals surface area (Å²) in [5.41, 5.74) is 0.558. The molecule has 1 N–H and O–H groups in total. The van der Waals surface area contributed by atoms with Gasteiger partial charge >= 0.3 is 6.03 Å². The highest BCUT2D eigenvalue weighted by Gasteiger charge is 2.35. The number of hydrogen-bond acceptors (Lipinski definition) is 2. The lowest BCUT2D eigenvalue weighted by Crippen LogP contribution is -2.40. The van der Waals surface area contributed by atoms with Crippen molar-refractivity contribution < 1.29 is 9.53 Å². The Kier molecular flexibility index (Phi) is 4.57. The number of urea groups is 1. The molecule has 0 unspecified atom stereocenters. The van der Waals surface area contributed by atoms with E-state index in [1.54, 1.807) is 18.2 Å². The van der Waals surface area contributed by atoms with E-state index in [0.717, 1.165) is 39.0 Å². The van der Waals surface area contributed by atoms with Crippen molar-refractivity contribution in [1.29, 1.82) is 0 Å². The van der Waals surface area contributed by atoms with Crippen molar-refractivity contribution in [3.63, 3.8) is 0 Å². The Morgan fingerprint density at radius 2 is 2.14 bits per heavy atom. The van der Waals surface area contributed by atoms with Gasteiger partial charge in [0.25, 0.3) is 0 Å². The normalized spacial score (nSPS) is 21.3. The van der Waals surface area contributed by atoms with Gasteiger partial charge in [0.2, 0.25) is 0 Å². The molecule has 2 fully saturated rings. The van der Waals surface area contributed by atoms with Gasteiger partial charge < -0.3 is 15.0 Å². The minimum absolute atomic E-state index is 0.103.